The lowest BCUT2D eigenvalue weighted by Crippen LogP contribution is -2.25. The molecule has 0 heterocycles. The number of ether oxygens (including phenoxy) is 1. The number of hydrogen-bond acceptors (Lipinski definition) is 1. The van der Waals surface area contributed by atoms with Gasteiger partial charge in [0.05, 0.1) is 6.61 Å². The summed E-state index contributed by atoms with van der Waals surface area (Å²) in [5.41, 5.74) is 0.548. The van der Waals surface area contributed by atoms with Gasteiger partial charge in [-0.1, -0.05) is 31.1 Å². The summed E-state index contributed by atoms with van der Waals surface area (Å²) in [7, 11) is 0. The number of benzene rings is 1. The molecule has 0 saturated heterocycles. The third-order valence-electron chi connectivity index (χ3n) is 7.12. The normalized spacial score (nSPS) is 28.6. The van der Waals surface area contributed by atoms with Crippen LogP contribution in [0.15, 0.2) is 24.3 Å². The van der Waals surface area contributed by atoms with E-state index in [-0.39, 0.29) is 11.7 Å². The van der Waals surface area contributed by atoms with E-state index in [4.69, 9.17) is 4.74 Å². The van der Waals surface area contributed by atoms with Crippen molar-refractivity contribution >= 4 is 0 Å². The molecule has 2 aliphatic carbocycles. The van der Waals surface area contributed by atoms with Gasteiger partial charge in [0, 0.05) is 0 Å². The van der Waals surface area contributed by atoms with Gasteiger partial charge in [-0.05, 0) is 101 Å². The second-order valence-electron chi connectivity index (χ2n) is 8.75. The summed E-state index contributed by atoms with van der Waals surface area (Å²) in [5, 5.41) is 0. The van der Waals surface area contributed by atoms with E-state index in [9.17, 15) is 8.78 Å². The van der Waals surface area contributed by atoms with Crippen LogP contribution >= 0.6 is 0 Å². The van der Waals surface area contributed by atoms with E-state index in [1.54, 1.807) is 19.1 Å². The molecular formula is C25H36F2O. The summed E-state index contributed by atoms with van der Waals surface area (Å²) in [6, 6.07) is 3.34. The lowest BCUT2D eigenvalue weighted by Gasteiger charge is -2.38. The fraction of sp³-hybridized carbons (Fsp3) is 0.680. The van der Waals surface area contributed by atoms with Gasteiger partial charge in [0.25, 0.3) is 0 Å². The fourth-order valence-electron chi connectivity index (χ4n) is 5.48. The molecule has 0 aromatic heterocycles. The lowest BCUT2D eigenvalue weighted by molar-refractivity contribution is 0.156. The van der Waals surface area contributed by atoms with Crippen LogP contribution < -0.4 is 4.74 Å². The standard InChI is InChI=1S/C25H36F2O/c1-3-5-6-7-18-8-10-19(11-9-18)20-12-14-21(15-13-20)22-16-17-23(28-4-2)25(27)24(22)26/h3,5,16-21H,4,6-15H2,1-2H3/b5-3+. The Morgan fingerprint density at radius 1 is 0.929 bits per heavy atom. The first-order valence-electron chi connectivity index (χ1n) is 11.4. The summed E-state index contributed by atoms with van der Waals surface area (Å²) in [6.45, 7) is 4.22. The lowest BCUT2D eigenvalue weighted by atomic mass is 9.68. The Labute approximate surface area is 169 Å². The van der Waals surface area contributed by atoms with E-state index in [0.29, 0.717) is 12.2 Å². The van der Waals surface area contributed by atoms with Crippen LogP contribution in [0.3, 0.4) is 0 Å². The predicted molar refractivity (Wildman–Crippen MR) is 112 cm³/mol. The Hall–Kier alpha value is -1.38. The Morgan fingerprint density at radius 3 is 2.18 bits per heavy atom. The molecule has 2 saturated carbocycles. The highest BCUT2D eigenvalue weighted by Gasteiger charge is 2.32. The van der Waals surface area contributed by atoms with Crippen LogP contribution in [0, 0.1) is 29.4 Å². The van der Waals surface area contributed by atoms with Crippen molar-refractivity contribution in [3.8, 4) is 5.75 Å². The molecule has 156 valence electrons. The van der Waals surface area contributed by atoms with Crippen LogP contribution in [0.5, 0.6) is 5.75 Å². The molecule has 1 aromatic carbocycles. The zero-order valence-corrected chi connectivity index (χ0v) is 17.6. The van der Waals surface area contributed by atoms with E-state index in [1.807, 2.05) is 0 Å². The van der Waals surface area contributed by atoms with E-state index in [0.717, 1.165) is 43.4 Å². The third-order valence-corrected chi connectivity index (χ3v) is 7.12. The van der Waals surface area contributed by atoms with Gasteiger partial charge in [0.15, 0.2) is 11.6 Å². The Bertz CT molecular complexity index is 638. The van der Waals surface area contributed by atoms with Crippen molar-refractivity contribution in [2.24, 2.45) is 17.8 Å². The first-order chi connectivity index (χ1) is 13.6. The molecule has 2 aliphatic rings. The average Bonchev–Trinajstić information content (AvgIpc) is 2.73. The van der Waals surface area contributed by atoms with Crippen LogP contribution in [-0.2, 0) is 0 Å². The van der Waals surface area contributed by atoms with Crippen LogP contribution in [0.4, 0.5) is 8.78 Å². The minimum atomic E-state index is -0.822. The highest BCUT2D eigenvalue weighted by atomic mass is 19.2. The van der Waals surface area contributed by atoms with Crippen molar-refractivity contribution in [2.75, 3.05) is 6.61 Å². The smallest absolute Gasteiger partial charge is 0.200 e. The Balaban J connectivity index is 1.49. The maximum atomic E-state index is 14.5. The quantitative estimate of drug-likeness (QED) is 0.432. The largest absolute Gasteiger partial charge is 0.491 e. The van der Waals surface area contributed by atoms with Crippen molar-refractivity contribution in [2.45, 2.75) is 84.0 Å². The molecule has 2 fully saturated rings. The van der Waals surface area contributed by atoms with Crippen LogP contribution in [0.25, 0.3) is 0 Å². The molecule has 1 aromatic rings. The van der Waals surface area contributed by atoms with Crippen LogP contribution in [0.1, 0.15) is 89.5 Å². The highest BCUT2D eigenvalue weighted by Crippen LogP contribution is 2.45. The molecule has 0 radical (unpaired) electrons. The Kier molecular flexibility index (Phi) is 7.93. The zero-order chi connectivity index (χ0) is 19.9. The number of allylic oxidation sites excluding steroid dienone is 2. The third kappa shape index (κ3) is 5.15. The minimum absolute atomic E-state index is 0.0311. The van der Waals surface area contributed by atoms with Gasteiger partial charge in [-0.3, -0.25) is 0 Å². The van der Waals surface area contributed by atoms with Crippen molar-refractivity contribution in [1.82, 2.24) is 0 Å². The maximum absolute atomic E-state index is 14.5. The van der Waals surface area contributed by atoms with E-state index >= 15 is 0 Å². The van der Waals surface area contributed by atoms with Gasteiger partial charge >= 0.3 is 0 Å². The SMILES string of the molecule is C/C=C/CCC1CCC(C2CCC(c3ccc(OCC)c(F)c3F)CC2)CC1. The second-order valence-corrected chi connectivity index (χ2v) is 8.75. The van der Waals surface area contributed by atoms with Gasteiger partial charge < -0.3 is 4.74 Å². The monoisotopic (exact) mass is 390 g/mol. The van der Waals surface area contributed by atoms with Crippen LogP contribution in [0.2, 0.25) is 0 Å². The summed E-state index contributed by atoms with van der Waals surface area (Å²) in [5.74, 6) is 1.20. The summed E-state index contributed by atoms with van der Waals surface area (Å²) >= 11 is 0. The first kappa shape index (κ1) is 21.3. The van der Waals surface area contributed by atoms with E-state index < -0.39 is 11.6 Å². The molecule has 3 rings (SSSR count). The van der Waals surface area contributed by atoms with Gasteiger partial charge in [0.2, 0.25) is 5.82 Å². The molecule has 0 amide bonds. The van der Waals surface area contributed by atoms with Gasteiger partial charge in [0.1, 0.15) is 0 Å². The topological polar surface area (TPSA) is 9.23 Å². The number of rotatable bonds is 7. The Morgan fingerprint density at radius 2 is 1.57 bits per heavy atom. The molecule has 0 unspecified atom stereocenters. The summed E-state index contributed by atoms with van der Waals surface area (Å²) in [6.07, 6.45) is 16.8. The molecule has 1 nitrogen and oxygen atoms in total. The average molecular weight is 391 g/mol. The molecular weight excluding hydrogens is 354 g/mol. The minimum Gasteiger partial charge on any atom is -0.491 e. The molecule has 3 heteroatoms. The molecule has 0 aliphatic heterocycles. The maximum Gasteiger partial charge on any atom is 0.200 e. The second kappa shape index (κ2) is 10.4. The van der Waals surface area contributed by atoms with Crippen LogP contribution in [-0.4, -0.2) is 6.61 Å². The predicted octanol–water partition coefficient (Wildman–Crippen LogP) is 7.80. The molecule has 0 N–H and O–H groups in total. The van der Waals surface area contributed by atoms with Crippen molar-refractivity contribution < 1.29 is 13.5 Å². The molecule has 0 atom stereocenters. The van der Waals surface area contributed by atoms with Crippen molar-refractivity contribution in [3.05, 3.63) is 41.5 Å². The van der Waals surface area contributed by atoms with Crippen molar-refractivity contribution in [3.63, 3.8) is 0 Å². The first-order valence-corrected chi connectivity index (χ1v) is 11.4. The molecule has 28 heavy (non-hydrogen) atoms. The summed E-state index contributed by atoms with van der Waals surface area (Å²) in [4.78, 5) is 0. The fourth-order valence-corrected chi connectivity index (χ4v) is 5.48. The molecule has 0 bridgehead atoms. The van der Waals surface area contributed by atoms with Crippen molar-refractivity contribution in [1.29, 1.82) is 0 Å². The zero-order valence-electron chi connectivity index (χ0n) is 17.6. The molecule has 0 spiro atoms. The number of halogens is 2. The number of hydrogen-bond donors (Lipinski definition) is 0. The van der Waals surface area contributed by atoms with Gasteiger partial charge in [-0.2, -0.15) is 4.39 Å². The van der Waals surface area contributed by atoms with E-state index in [2.05, 4.69) is 19.1 Å². The van der Waals surface area contributed by atoms with E-state index in [1.165, 1.54) is 38.5 Å². The highest BCUT2D eigenvalue weighted by molar-refractivity contribution is 5.33. The van der Waals surface area contributed by atoms with Gasteiger partial charge in [-0.25, -0.2) is 4.39 Å². The summed E-state index contributed by atoms with van der Waals surface area (Å²) < 4.78 is 33.9. The van der Waals surface area contributed by atoms with Gasteiger partial charge in [-0.15, -0.1) is 0 Å².